The summed E-state index contributed by atoms with van der Waals surface area (Å²) in [7, 11) is 0. The van der Waals surface area contributed by atoms with Crippen LogP contribution in [0.3, 0.4) is 0 Å². The standard InChI is InChI=1S/C13H16N2O4/c14-13(8-18-9-13)6-11(16)15-12(17)7-19-10-4-2-1-3-5-10/h1-5H,6-9,14H2,(H,15,16,17). The number of nitrogens with two attached hydrogens (primary N) is 1. The second-order valence-electron chi connectivity index (χ2n) is 4.61. The first-order chi connectivity index (χ1) is 9.07. The van der Waals surface area contributed by atoms with E-state index in [1.54, 1.807) is 24.3 Å². The minimum Gasteiger partial charge on any atom is -0.484 e. The van der Waals surface area contributed by atoms with Gasteiger partial charge in [0.25, 0.3) is 5.91 Å². The van der Waals surface area contributed by atoms with Gasteiger partial charge in [0.2, 0.25) is 5.91 Å². The summed E-state index contributed by atoms with van der Waals surface area (Å²) < 4.78 is 10.2. The number of amides is 2. The first kappa shape index (κ1) is 13.5. The summed E-state index contributed by atoms with van der Waals surface area (Å²) in [6, 6.07) is 8.91. The second-order valence-corrected chi connectivity index (χ2v) is 4.61. The Balaban J connectivity index is 1.70. The molecule has 0 radical (unpaired) electrons. The smallest absolute Gasteiger partial charge is 0.264 e. The van der Waals surface area contributed by atoms with Crippen LogP contribution in [-0.2, 0) is 14.3 Å². The fourth-order valence-electron chi connectivity index (χ4n) is 1.69. The van der Waals surface area contributed by atoms with Crippen molar-refractivity contribution < 1.29 is 19.1 Å². The molecule has 0 aliphatic carbocycles. The lowest BCUT2D eigenvalue weighted by Gasteiger charge is -2.36. The molecule has 1 aromatic carbocycles. The van der Waals surface area contributed by atoms with E-state index in [1.165, 1.54) is 0 Å². The summed E-state index contributed by atoms with van der Waals surface area (Å²) in [5, 5.41) is 2.24. The first-order valence-corrected chi connectivity index (χ1v) is 5.95. The molecule has 0 saturated carbocycles. The van der Waals surface area contributed by atoms with Crippen LogP contribution < -0.4 is 15.8 Å². The summed E-state index contributed by atoms with van der Waals surface area (Å²) in [6.07, 6.45) is 0.0735. The van der Waals surface area contributed by atoms with Gasteiger partial charge in [-0.1, -0.05) is 18.2 Å². The van der Waals surface area contributed by atoms with Crippen molar-refractivity contribution in [1.82, 2.24) is 5.32 Å². The minimum atomic E-state index is -0.634. The number of ether oxygens (including phenoxy) is 2. The molecule has 1 heterocycles. The molecule has 2 amide bonds. The third kappa shape index (κ3) is 4.04. The Hall–Kier alpha value is -1.92. The normalized spacial score (nSPS) is 16.3. The van der Waals surface area contributed by atoms with Gasteiger partial charge in [-0.05, 0) is 12.1 Å². The summed E-state index contributed by atoms with van der Waals surface area (Å²) in [5.74, 6) is -0.321. The molecule has 0 unspecified atom stereocenters. The molecule has 0 spiro atoms. The molecule has 1 saturated heterocycles. The molecule has 1 aliphatic rings. The Bertz CT molecular complexity index is 457. The summed E-state index contributed by atoms with van der Waals surface area (Å²) in [5.41, 5.74) is 5.18. The zero-order valence-electron chi connectivity index (χ0n) is 10.4. The number of hydrogen-bond acceptors (Lipinski definition) is 5. The van der Waals surface area contributed by atoms with E-state index in [1.807, 2.05) is 6.07 Å². The molecule has 0 aromatic heterocycles. The Kier molecular flexibility index (Phi) is 4.13. The first-order valence-electron chi connectivity index (χ1n) is 5.95. The lowest BCUT2D eigenvalue weighted by Crippen LogP contribution is -2.59. The van der Waals surface area contributed by atoms with Crippen LogP contribution in [0, 0.1) is 0 Å². The molecule has 6 nitrogen and oxygen atoms in total. The number of benzene rings is 1. The molecular weight excluding hydrogens is 248 g/mol. The maximum Gasteiger partial charge on any atom is 0.264 e. The lowest BCUT2D eigenvalue weighted by molar-refractivity contribution is -0.135. The predicted molar refractivity (Wildman–Crippen MR) is 67.4 cm³/mol. The van der Waals surface area contributed by atoms with Crippen LogP contribution in [0.15, 0.2) is 30.3 Å². The van der Waals surface area contributed by atoms with Crippen LogP contribution in [0.5, 0.6) is 5.75 Å². The fraction of sp³-hybridized carbons (Fsp3) is 0.385. The van der Waals surface area contributed by atoms with Gasteiger partial charge in [-0.25, -0.2) is 0 Å². The highest BCUT2D eigenvalue weighted by atomic mass is 16.5. The Morgan fingerprint density at radius 3 is 2.53 bits per heavy atom. The van der Waals surface area contributed by atoms with Crippen molar-refractivity contribution in [2.24, 2.45) is 5.73 Å². The van der Waals surface area contributed by atoms with E-state index in [0.717, 1.165) is 0 Å². The van der Waals surface area contributed by atoms with Crippen molar-refractivity contribution in [3.05, 3.63) is 30.3 Å². The van der Waals surface area contributed by atoms with Crippen molar-refractivity contribution in [3.8, 4) is 5.75 Å². The van der Waals surface area contributed by atoms with E-state index in [9.17, 15) is 9.59 Å². The number of hydrogen-bond donors (Lipinski definition) is 2. The average molecular weight is 264 g/mol. The van der Waals surface area contributed by atoms with Crippen molar-refractivity contribution in [1.29, 1.82) is 0 Å². The molecule has 2 rings (SSSR count). The summed E-state index contributed by atoms with van der Waals surface area (Å²) in [4.78, 5) is 23.0. The van der Waals surface area contributed by atoms with Crippen molar-refractivity contribution in [2.45, 2.75) is 12.0 Å². The highest BCUT2D eigenvalue weighted by Crippen LogP contribution is 2.17. The van der Waals surface area contributed by atoms with Crippen LogP contribution in [0.25, 0.3) is 0 Å². The molecule has 3 N–H and O–H groups in total. The Labute approximate surface area is 110 Å². The number of para-hydroxylation sites is 1. The van der Waals surface area contributed by atoms with Crippen LogP contribution in [0.2, 0.25) is 0 Å². The average Bonchev–Trinajstić information content (AvgIpc) is 2.35. The van der Waals surface area contributed by atoms with E-state index in [4.69, 9.17) is 15.2 Å². The van der Waals surface area contributed by atoms with Crippen molar-refractivity contribution in [2.75, 3.05) is 19.8 Å². The fourth-order valence-corrected chi connectivity index (χ4v) is 1.69. The molecule has 102 valence electrons. The van der Waals surface area contributed by atoms with Crippen LogP contribution in [0.4, 0.5) is 0 Å². The Morgan fingerprint density at radius 2 is 1.95 bits per heavy atom. The van der Waals surface area contributed by atoms with Gasteiger partial charge >= 0.3 is 0 Å². The SMILES string of the molecule is NC1(CC(=O)NC(=O)COc2ccccc2)COC1. The highest BCUT2D eigenvalue weighted by Gasteiger charge is 2.36. The minimum absolute atomic E-state index is 0.0735. The van der Waals surface area contributed by atoms with E-state index in [0.29, 0.717) is 19.0 Å². The van der Waals surface area contributed by atoms with E-state index in [2.05, 4.69) is 5.32 Å². The van der Waals surface area contributed by atoms with Gasteiger partial charge in [-0.15, -0.1) is 0 Å². The van der Waals surface area contributed by atoms with E-state index >= 15 is 0 Å². The van der Waals surface area contributed by atoms with Crippen molar-refractivity contribution in [3.63, 3.8) is 0 Å². The maximum absolute atomic E-state index is 11.6. The number of carbonyl (C=O) groups is 2. The van der Waals surface area contributed by atoms with Gasteiger partial charge in [0, 0.05) is 6.42 Å². The molecular formula is C13H16N2O4. The largest absolute Gasteiger partial charge is 0.484 e. The van der Waals surface area contributed by atoms with Gasteiger partial charge in [0.1, 0.15) is 5.75 Å². The van der Waals surface area contributed by atoms with Crippen LogP contribution in [0.1, 0.15) is 6.42 Å². The number of carbonyl (C=O) groups excluding carboxylic acids is 2. The van der Waals surface area contributed by atoms with Gasteiger partial charge in [-0.3, -0.25) is 14.9 Å². The monoisotopic (exact) mass is 264 g/mol. The number of rotatable bonds is 5. The predicted octanol–water partition coefficient (Wildman–Crippen LogP) is -0.174. The number of nitrogens with one attached hydrogen (secondary N) is 1. The highest BCUT2D eigenvalue weighted by molar-refractivity contribution is 5.96. The molecule has 1 aliphatic heterocycles. The third-order valence-corrected chi connectivity index (χ3v) is 2.68. The molecule has 19 heavy (non-hydrogen) atoms. The van der Waals surface area contributed by atoms with Gasteiger partial charge in [0.05, 0.1) is 18.8 Å². The lowest BCUT2D eigenvalue weighted by atomic mass is 9.94. The van der Waals surface area contributed by atoms with Gasteiger partial charge < -0.3 is 15.2 Å². The van der Waals surface area contributed by atoms with E-state index < -0.39 is 17.4 Å². The quantitative estimate of drug-likeness (QED) is 0.770. The molecule has 0 bridgehead atoms. The molecule has 0 atom stereocenters. The summed E-state index contributed by atoms with van der Waals surface area (Å²) >= 11 is 0. The van der Waals surface area contributed by atoms with Crippen LogP contribution >= 0.6 is 0 Å². The van der Waals surface area contributed by atoms with Crippen LogP contribution in [-0.4, -0.2) is 37.2 Å². The zero-order valence-corrected chi connectivity index (χ0v) is 10.4. The Morgan fingerprint density at radius 1 is 1.26 bits per heavy atom. The summed E-state index contributed by atoms with van der Waals surface area (Å²) in [6.45, 7) is 0.480. The molecule has 1 aromatic rings. The zero-order chi connectivity index (χ0) is 13.7. The topological polar surface area (TPSA) is 90.7 Å². The molecule has 1 fully saturated rings. The maximum atomic E-state index is 11.6. The number of imide groups is 1. The third-order valence-electron chi connectivity index (χ3n) is 2.68. The van der Waals surface area contributed by atoms with E-state index in [-0.39, 0.29) is 13.0 Å². The van der Waals surface area contributed by atoms with Gasteiger partial charge in [0.15, 0.2) is 6.61 Å². The second kappa shape index (κ2) is 5.81. The van der Waals surface area contributed by atoms with Crippen molar-refractivity contribution >= 4 is 11.8 Å². The molecule has 6 heteroatoms. The van der Waals surface area contributed by atoms with Gasteiger partial charge in [-0.2, -0.15) is 0 Å².